The maximum atomic E-state index is 6.26. The van der Waals surface area contributed by atoms with Crippen LogP contribution in [0.3, 0.4) is 0 Å². The molecule has 1 aromatic carbocycles. The van der Waals surface area contributed by atoms with E-state index in [1.54, 1.807) is 0 Å². The van der Waals surface area contributed by atoms with E-state index in [9.17, 15) is 0 Å². The largest absolute Gasteiger partial charge is 0.454 e. The lowest BCUT2D eigenvalue weighted by atomic mass is 9.88. The Bertz CT molecular complexity index is 509. The minimum atomic E-state index is 0.256. The molecule has 0 spiro atoms. The number of hydrogen-bond donors (Lipinski definition) is 1. The van der Waals surface area contributed by atoms with Crippen molar-refractivity contribution >= 4 is 11.6 Å². The van der Waals surface area contributed by atoms with Crippen LogP contribution in [0.5, 0.6) is 11.5 Å². The fraction of sp³-hybridized carbons (Fsp3) is 0.625. The lowest BCUT2D eigenvalue weighted by molar-refractivity contribution is 0.107. The molecule has 0 saturated carbocycles. The Labute approximate surface area is 131 Å². The molecule has 1 fully saturated rings. The average molecular weight is 311 g/mol. The second kappa shape index (κ2) is 6.42. The standard InChI is InChI=1S/C16H23ClN2O2/c1-2-11-3-4-19(13(5-11)8-18)9-12-6-14(17)16-15(7-12)20-10-21-16/h6-7,11,13H,2-5,8-10,18H2,1H3. The van der Waals surface area contributed by atoms with Crippen molar-refractivity contribution in [2.45, 2.75) is 38.8 Å². The Hall–Kier alpha value is -0.970. The van der Waals surface area contributed by atoms with E-state index in [-0.39, 0.29) is 6.79 Å². The zero-order valence-corrected chi connectivity index (χ0v) is 13.2. The maximum Gasteiger partial charge on any atom is 0.231 e. The molecule has 116 valence electrons. The van der Waals surface area contributed by atoms with Gasteiger partial charge in [-0.2, -0.15) is 0 Å². The highest BCUT2D eigenvalue weighted by Crippen LogP contribution is 2.40. The maximum absolute atomic E-state index is 6.26. The van der Waals surface area contributed by atoms with Gasteiger partial charge in [-0.25, -0.2) is 0 Å². The summed E-state index contributed by atoms with van der Waals surface area (Å²) >= 11 is 6.26. The lowest BCUT2D eigenvalue weighted by Gasteiger charge is -2.39. The number of likely N-dealkylation sites (tertiary alicyclic amines) is 1. The Kier molecular flexibility index (Phi) is 4.57. The van der Waals surface area contributed by atoms with Gasteiger partial charge in [0.05, 0.1) is 5.02 Å². The Morgan fingerprint density at radius 1 is 1.38 bits per heavy atom. The molecule has 4 nitrogen and oxygen atoms in total. The van der Waals surface area contributed by atoms with Gasteiger partial charge in [0.2, 0.25) is 6.79 Å². The summed E-state index contributed by atoms with van der Waals surface area (Å²) in [5, 5.41) is 0.632. The first-order valence-electron chi connectivity index (χ1n) is 7.73. The summed E-state index contributed by atoms with van der Waals surface area (Å²) < 4.78 is 10.8. The predicted octanol–water partition coefficient (Wildman–Crippen LogP) is 3.02. The van der Waals surface area contributed by atoms with E-state index in [0.717, 1.165) is 36.9 Å². The van der Waals surface area contributed by atoms with E-state index < -0.39 is 0 Å². The number of nitrogens with zero attached hydrogens (tertiary/aromatic N) is 1. The van der Waals surface area contributed by atoms with Crippen molar-refractivity contribution < 1.29 is 9.47 Å². The summed E-state index contributed by atoms with van der Waals surface area (Å²) in [6.45, 7) is 5.22. The molecular weight excluding hydrogens is 288 g/mol. The number of benzene rings is 1. The summed E-state index contributed by atoms with van der Waals surface area (Å²) in [4.78, 5) is 2.47. The molecule has 0 amide bonds. The van der Waals surface area contributed by atoms with Crippen molar-refractivity contribution in [2.75, 3.05) is 19.9 Å². The van der Waals surface area contributed by atoms with Gasteiger partial charge in [0, 0.05) is 19.1 Å². The van der Waals surface area contributed by atoms with Crippen LogP contribution in [0.1, 0.15) is 31.7 Å². The van der Waals surface area contributed by atoms with Crippen LogP contribution >= 0.6 is 11.6 Å². The van der Waals surface area contributed by atoms with Crippen LogP contribution in [-0.2, 0) is 6.54 Å². The summed E-state index contributed by atoms with van der Waals surface area (Å²) in [5.74, 6) is 2.24. The third kappa shape index (κ3) is 3.12. The first-order chi connectivity index (χ1) is 10.2. The number of ether oxygens (including phenoxy) is 2. The van der Waals surface area contributed by atoms with Gasteiger partial charge in [0.25, 0.3) is 0 Å². The molecule has 2 aliphatic heterocycles. The predicted molar refractivity (Wildman–Crippen MR) is 83.8 cm³/mol. The second-order valence-electron chi connectivity index (χ2n) is 5.97. The number of nitrogens with two attached hydrogens (primary N) is 1. The van der Waals surface area contributed by atoms with Crippen LogP contribution in [0.15, 0.2) is 12.1 Å². The van der Waals surface area contributed by atoms with Gasteiger partial charge < -0.3 is 15.2 Å². The monoisotopic (exact) mass is 310 g/mol. The second-order valence-corrected chi connectivity index (χ2v) is 6.38. The van der Waals surface area contributed by atoms with Crippen molar-refractivity contribution in [2.24, 2.45) is 11.7 Å². The fourth-order valence-corrected chi connectivity index (χ4v) is 3.64. The molecule has 0 aliphatic carbocycles. The molecule has 2 aliphatic rings. The third-order valence-corrected chi connectivity index (χ3v) is 4.95. The summed E-state index contributed by atoms with van der Waals surface area (Å²) in [6.07, 6.45) is 3.71. The fourth-order valence-electron chi connectivity index (χ4n) is 3.35. The van der Waals surface area contributed by atoms with Crippen molar-refractivity contribution in [3.8, 4) is 11.5 Å². The molecule has 2 heterocycles. The number of fused-ring (bicyclic) bond motifs is 1. The van der Waals surface area contributed by atoms with Gasteiger partial charge in [-0.15, -0.1) is 0 Å². The van der Waals surface area contributed by atoms with Crippen LogP contribution in [0.25, 0.3) is 0 Å². The van der Waals surface area contributed by atoms with Gasteiger partial charge in [0.15, 0.2) is 11.5 Å². The van der Waals surface area contributed by atoms with Crippen molar-refractivity contribution in [3.63, 3.8) is 0 Å². The smallest absolute Gasteiger partial charge is 0.231 e. The van der Waals surface area contributed by atoms with Crippen LogP contribution in [-0.4, -0.2) is 30.8 Å². The number of piperidine rings is 1. The van der Waals surface area contributed by atoms with Gasteiger partial charge in [-0.3, -0.25) is 4.90 Å². The quantitative estimate of drug-likeness (QED) is 0.928. The molecule has 0 radical (unpaired) electrons. The number of halogens is 1. The average Bonchev–Trinajstić information content (AvgIpc) is 2.96. The molecule has 1 aromatic rings. The molecule has 21 heavy (non-hydrogen) atoms. The van der Waals surface area contributed by atoms with Gasteiger partial charge >= 0.3 is 0 Å². The molecule has 0 aromatic heterocycles. The highest BCUT2D eigenvalue weighted by Gasteiger charge is 2.27. The molecule has 2 N–H and O–H groups in total. The summed E-state index contributed by atoms with van der Waals surface area (Å²) in [5.41, 5.74) is 7.14. The van der Waals surface area contributed by atoms with Crippen LogP contribution in [0.4, 0.5) is 0 Å². The topological polar surface area (TPSA) is 47.7 Å². The van der Waals surface area contributed by atoms with E-state index in [2.05, 4.69) is 11.8 Å². The van der Waals surface area contributed by atoms with E-state index in [1.807, 2.05) is 12.1 Å². The highest BCUT2D eigenvalue weighted by molar-refractivity contribution is 6.32. The Morgan fingerprint density at radius 2 is 2.24 bits per heavy atom. The van der Waals surface area contributed by atoms with E-state index >= 15 is 0 Å². The minimum absolute atomic E-state index is 0.256. The number of rotatable bonds is 4. The van der Waals surface area contributed by atoms with E-state index in [4.69, 9.17) is 26.8 Å². The SMILES string of the molecule is CCC1CCN(Cc2cc(Cl)c3c(c2)OCO3)C(CN)C1. The molecule has 1 saturated heterocycles. The van der Waals surface area contributed by atoms with Crippen molar-refractivity contribution in [1.29, 1.82) is 0 Å². The number of hydrogen-bond acceptors (Lipinski definition) is 4. The van der Waals surface area contributed by atoms with Crippen LogP contribution in [0, 0.1) is 5.92 Å². The van der Waals surface area contributed by atoms with E-state index in [0.29, 0.717) is 16.8 Å². The highest BCUT2D eigenvalue weighted by atomic mass is 35.5. The normalized spacial score (nSPS) is 25.3. The van der Waals surface area contributed by atoms with E-state index in [1.165, 1.54) is 19.3 Å². The lowest BCUT2D eigenvalue weighted by Crippen LogP contribution is -2.46. The van der Waals surface area contributed by atoms with Gasteiger partial charge in [-0.05, 0) is 43.0 Å². The molecule has 3 rings (SSSR count). The molecular formula is C16H23ClN2O2. The van der Waals surface area contributed by atoms with Crippen molar-refractivity contribution in [3.05, 3.63) is 22.7 Å². The molecule has 5 heteroatoms. The zero-order valence-electron chi connectivity index (χ0n) is 12.5. The summed E-state index contributed by atoms with van der Waals surface area (Å²) in [6, 6.07) is 4.48. The molecule has 0 bridgehead atoms. The minimum Gasteiger partial charge on any atom is -0.454 e. The van der Waals surface area contributed by atoms with Crippen LogP contribution < -0.4 is 15.2 Å². The Balaban J connectivity index is 1.73. The molecule has 2 unspecified atom stereocenters. The first kappa shape index (κ1) is 14.9. The van der Waals surface area contributed by atoms with Gasteiger partial charge in [0.1, 0.15) is 0 Å². The van der Waals surface area contributed by atoms with Crippen LogP contribution in [0.2, 0.25) is 5.02 Å². The third-order valence-electron chi connectivity index (χ3n) is 4.67. The first-order valence-corrected chi connectivity index (χ1v) is 8.11. The summed E-state index contributed by atoms with van der Waals surface area (Å²) in [7, 11) is 0. The Morgan fingerprint density at radius 3 is 3.00 bits per heavy atom. The van der Waals surface area contributed by atoms with Gasteiger partial charge in [-0.1, -0.05) is 24.9 Å². The zero-order chi connectivity index (χ0) is 14.8. The van der Waals surface area contributed by atoms with Crippen molar-refractivity contribution in [1.82, 2.24) is 4.90 Å². The molecule has 2 atom stereocenters.